The van der Waals surface area contributed by atoms with Crippen molar-refractivity contribution >= 4 is 41.7 Å². The molecule has 1 unspecified atom stereocenters. The molecule has 1 atom stereocenters. The van der Waals surface area contributed by atoms with Crippen molar-refractivity contribution in [2.75, 3.05) is 18.8 Å². The predicted octanol–water partition coefficient (Wildman–Crippen LogP) is 3.53. The zero-order chi connectivity index (χ0) is 15.1. The van der Waals surface area contributed by atoms with E-state index in [0.717, 1.165) is 25.2 Å². The van der Waals surface area contributed by atoms with Gasteiger partial charge in [-0.1, -0.05) is 0 Å². The van der Waals surface area contributed by atoms with E-state index in [-0.39, 0.29) is 36.1 Å². The molecule has 1 heterocycles. The normalized spacial score (nSPS) is 18.0. The molecule has 1 aliphatic rings. The van der Waals surface area contributed by atoms with E-state index in [9.17, 15) is 8.78 Å². The molecule has 1 saturated heterocycles. The molecular weight excluding hydrogens is 419 g/mol. The highest BCUT2D eigenvalue weighted by Gasteiger charge is 2.15. The molecule has 0 spiro atoms. The van der Waals surface area contributed by atoms with Crippen LogP contribution in [0.4, 0.5) is 8.78 Å². The first kappa shape index (κ1) is 19.5. The molecule has 2 N–H and O–H groups in total. The first-order valence-corrected chi connectivity index (χ1v) is 8.31. The quantitative estimate of drug-likeness (QED) is 0.417. The average Bonchev–Trinajstić information content (AvgIpc) is 2.98. The topological polar surface area (TPSA) is 36.4 Å². The minimum absolute atomic E-state index is 0. The lowest BCUT2D eigenvalue weighted by Crippen LogP contribution is -2.40. The molecule has 1 aromatic carbocycles. The Morgan fingerprint density at radius 1 is 1.36 bits per heavy atom. The molecule has 0 amide bonds. The fraction of sp³-hybridized carbons (Fsp3) is 0.533. The first-order valence-electron chi connectivity index (χ1n) is 7.26. The molecule has 7 heteroatoms. The molecular formula is C15H22F2IN3S. The molecule has 0 aromatic heterocycles. The van der Waals surface area contributed by atoms with Gasteiger partial charge in [0.05, 0.1) is 6.54 Å². The minimum atomic E-state index is -0.443. The van der Waals surface area contributed by atoms with Crippen molar-refractivity contribution in [1.29, 1.82) is 0 Å². The zero-order valence-corrected chi connectivity index (χ0v) is 15.7. The van der Waals surface area contributed by atoms with E-state index in [1.54, 1.807) is 0 Å². The Morgan fingerprint density at radius 3 is 2.86 bits per heavy atom. The van der Waals surface area contributed by atoms with Crippen molar-refractivity contribution in [2.24, 2.45) is 4.99 Å². The molecule has 22 heavy (non-hydrogen) atoms. The molecule has 124 valence electrons. The Balaban J connectivity index is 0.00000242. The van der Waals surface area contributed by atoms with Gasteiger partial charge in [-0.05, 0) is 43.7 Å². The van der Waals surface area contributed by atoms with Gasteiger partial charge in [-0.3, -0.25) is 0 Å². The van der Waals surface area contributed by atoms with E-state index < -0.39 is 11.6 Å². The molecule has 2 rings (SSSR count). The number of guanidine groups is 1. The third-order valence-electron chi connectivity index (χ3n) is 3.28. The van der Waals surface area contributed by atoms with Gasteiger partial charge in [-0.25, -0.2) is 13.8 Å². The van der Waals surface area contributed by atoms with Crippen LogP contribution in [0.2, 0.25) is 0 Å². The van der Waals surface area contributed by atoms with Gasteiger partial charge in [0.2, 0.25) is 0 Å². The van der Waals surface area contributed by atoms with Crippen molar-refractivity contribution in [3.63, 3.8) is 0 Å². The second-order valence-electron chi connectivity index (χ2n) is 4.95. The highest BCUT2D eigenvalue weighted by molar-refractivity contribution is 14.0. The Bertz CT molecular complexity index is 494. The van der Waals surface area contributed by atoms with Gasteiger partial charge in [0.1, 0.15) is 11.6 Å². The predicted molar refractivity (Wildman–Crippen MR) is 100 cm³/mol. The third-order valence-corrected chi connectivity index (χ3v) is 4.68. The maximum absolute atomic E-state index is 13.6. The van der Waals surface area contributed by atoms with Gasteiger partial charge < -0.3 is 10.6 Å². The molecule has 1 fully saturated rings. The summed E-state index contributed by atoms with van der Waals surface area (Å²) in [6.45, 7) is 3.68. The maximum atomic E-state index is 13.6. The highest BCUT2D eigenvalue weighted by atomic mass is 127. The molecule has 0 aliphatic carbocycles. The Kier molecular flexibility index (Phi) is 9.08. The van der Waals surface area contributed by atoms with Crippen LogP contribution in [0.3, 0.4) is 0 Å². The number of thioether (sulfide) groups is 1. The summed E-state index contributed by atoms with van der Waals surface area (Å²) < 4.78 is 26.7. The molecule has 1 aliphatic heterocycles. The lowest BCUT2D eigenvalue weighted by molar-refractivity contribution is 0.585. The molecule has 0 saturated carbocycles. The number of nitrogens with zero attached hydrogens (tertiary/aromatic N) is 1. The van der Waals surface area contributed by atoms with Crippen molar-refractivity contribution in [3.8, 4) is 0 Å². The summed E-state index contributed by atoms with van der Waals surface area (Å²) in [5, 5.41) is 7.00. The number of aliphatic imine (C=N–C) groups is 1. The summed E-state index contributed by atoms with van der Waals surface area (Å²) in [6.07, 6.45) is 2.48. The van der Waals surface area contributed by atoms with Crippen LogP contribution in [-0.4, -0.2) is 30.1 Å². The number of rotatable bonds is 5. The van der Waals surface area contributed by atoms with Gasteiger partial charge in [0.15, 0.2) is 5.96 Å². The van der Waals surface area contributed by atoms with Crippen LogP contribution in [0, 0.1) is 11.6 Å². The largest absolute Gasteiger partial charge is 0.357 e. The number of halogens is 3. The smallest absolute Gasteiger partial charge is 0.191 e. The number of hydrogen-bond donors (Lipinski definition) is 2. The van der Waals surface area contributed by atoms with Crippen LogP contribution < -0.4 is 10.6 Å². The monoisotopic (exact) mass is 441 g/mol. The first-order chi connectivity index (χ1) is 10.2. The number of hydrogen-bond acceptors (Lipinski definition) is 2. The molecule has 0 radical (unpaired) electrons. The summed E-state index contributed by atoms with van der Waals surface area (Å²) in [6, 6.07) is 3.44. The summed E-state index contributed by atoms with van der Waals surface area (Å²) in [5.74, 6) is 0.993. The van der Waals surface area contributed by atoms with E-state index in [1.807, 2.05) is 18.7 Å². The summed E-state index contributed by atoms with van der Waals surface area (Å²) in [4.78, 5) is 4.33. The number of nitrogens with one attached hydrogen (secondary N) is 2. The zero-order valence-electron chi connectivity index (χ0n) is 12.6. The summed E-state index contributed by atoms with van der Waals surface area (Å²) in [5.41, 5.74) is 0.266. The standard InChI is InChI=1S/C15H21F2N3S.HI/c1-2-18-15(20-10-13-4-3-7-21-13)19-9-11-8-12(16)5-6-14(11)17;/h5-6,8,13H,2-4,7,9-10H2,1H3,(H2,18,19,20);1H. The van der Waals surface area contributed by atoms with Crippen LogP contribution >= 0.6 is 35.7 Å². The van der Waals surface area contributed by atoms with Crippen molar-refractivity contribution in [2.45, 2.75) is 31.6 Å². The van der Waals surface area contributed by atoms with Crippen LogP contribution in [0.1, 0.15) is 25.3 Å². The Hall–Kier alpha value is -0.570. The van der Waals surface area contributed by atoms with E-state index in [2.05, 4.69) is 15.6 Å². The summed E-state index contributed by atoms with van der Waals surface area (Å²) >= 11 is 1.97. The summed E-state index contributed by atoms with van der Waals surface area (Å²) in [7, 11) is 0. The third kappa shape index (κ3) is 6.28. The van der Waals surface area contributed by atoms with Gasteiger partial charge in [-0.2, -0.15) is 11.8 Å². The van der Waals surface area contributed by atoms with Gasteiger partial charge in [0, 0.05) is 23.9 Å². The van der Waals surface area contributed by atoms with Gasteiger partial charge >= 0.3 is 0 Å². The van der Waals surface area contributed by atoms with Crippen LogP contribution in [-0.2, 0) is 6.54 Å². The van der Waals surface area contributed by atoms with Gasteiger partial charge in [-0.15, -0.1) is 24.0 Å². The van der Waals surface area contributed by atoms with Crippen molar-refractivity contribution < 1.29 is 8.78 Å². The minimum Gasteiger partial charge on any atom is -0.357 e. The maximum Gasteiger partial charge on any atom is 0.191 e. The lowest BCUT2D eigenvalue weighted by atomic mass is 10.2. The van der Waals surface area contributed by atoms with Crippen LogP contribution in [0.5, 0.6) is 0 Å². The van der Waals surface area contributed by atoms with E-state index in [0.29, 0.717) is 11.2 Å². The average molecular weight is 441 g/mol. The van der Waals surface area contributed by atoms with Crippen molar-refractivity contribution in [3.05, 3.63) is 35.4 Å². The second-order valence-corrected chi connectivity index (χ2v) is 6.36. The van der Waals surface area contributed by atoms with E-state index in [1.165, 1.54) is 24.7 Å². The van der Waals surface area contributed by atoms with Gasteiger partial charge in [0.25, 0.3) is 0 Å². The molecule has 1 aromatic rings. The Labute approximate surface area is 151 Å². The lowest BCUT2D eigenvalue weighted by Gasteiger charge is -2.14. The van der Waals surface area contributed by atoms with E-state index >= 15 is 0 Å². The Morgan fingerprint density at radius 2 is 2.18 bits per heavy atom. The second kappa shape index (κ2) is 10.3. The number of benzene rings is 1. The fourth-order valence-electron chi connectivity index (χ4n) is 2.19. The van der Waals surface area contributed by atoms with Crippen LogP contribution in [0.15, 0.2) is 23.2 Å². The molecule has 0 bridgehead atoms. The van der Waals surface area contributed by atoms with E-state index in [4.69, 9.17) is 0 Å². The van der Waals surface area contributed by atoms with Crippen molar-refractivity contribution in [1.82, 2.24) is 10.6 Å². The SMILES string of the molecule is CCNC(=NCc1cc(F)ccc1F)NCC1CCCS1.I. The highest BCUT2D eigenvalue weighted by Crippen LogP contribution is 2.25. The van der Waals surface area contributed by atoms with Crippen LogP contribution in [0.25, 0.3) is 0 Å². The fourth-order valence-corrected chi connectivity index (χ4v) is 3.39. The molecule has 3 nitrogen and oxygen atoms in total.